The summed E-state index contributed by atoms with van der Waals surface area (Å²) in [6.07, 6.45) is 1.41. The summed E-state index contributed by atoms with van der Waals surface area (Å²) in [6, 6.07) is 18.3. The third kappa shape index (κ3) is 6.17. The van der Waals surface area contributed by atoms with Gasteiger partial charge in [-0.15, -0.1) is 0 Å². The van der Waals surface area contributed by atoms with Crippen molar-refractivity contribution in [2.24, 2.45) is 0 Å². The highest BCUT2D eigenvalue weighted by Crippen LogP contribution is 2.35. The molecule has 3 aromatic rings. The first-order chi connectivity index (χ1) is 14.9. The highest BCUT2D eigenvalue weighted by atomic mass is 79.9. The third-order valence-corrected chi connectivity index (χ3v) is 5.40. The quantitative estimate of drug-likeness (QED) is 0.256. The Kier molecular flexibility index (Phi) is 7.85. The summed E-state index contributed by atoms with van der Waals surface area (Å²) in [5, 5.41) is 12.6. The monoisotopic (exact) mass is 562 g/mol. The molecule has 0 aliphatic rings. The molecule has 3 aromatic carbocycles. The molecule has 0 radical (unpaired) electrons. The maximum Gasteiger partial charge on any atom is 0.266 e. The number of amides is 1. The number of nitrogens with zero attached hydrogens (tertiary/aromatic N) is 1. The number of hydrogen-bond acceptors (Lipinski definition) is 3. The lowest BCUT2D eigenvalue weighted by Gasteiger charge is -2.13. The number of nitrogens with one attached hydrogen (secondary N) is 1. The van der Waals surface area contributed by atoms with Crippen LogP contribution in [0.3, 0.4) is 0 Å². The van der Waals surface area contributed by atoms with Crippen molar-refractivity contribution < 1.29 is 13.9 Å². The second kappa shape index (κ2) is 10.6. The molecule has 156 valence electrons. The number of carbonyl (C=O) groups is 1. The minimum absolute atomic E-state index is 0.0235. The van der Waals surface area contributed by atoms with Gasteiger partial charge in [-0.1, -0.05) is 51.8 Å². The maximum absolute atomic E-state index is 13.9. The molecule has 1 N–H and O–H groups in total. The van der Waals surface area contributed by atoms with E-state index in [1.165, 1.54) is 12.1 Å². The lowest BCUT2D eigenvalue weighted by atomic mass is 10.1. The summed E-state index contributed by atoms with van der Waals surface area (Å²) >= 11 is 12.8. The second-order valence-corrected chi connectivity index (χ2v) is 8.53. The Morgan fingerprint density at radius 3 is 2.65 bits per heavy atom. The number of nitriles is 1. The van der Waals surface area contributed by atoms with Gasteiger partial charge in [0.1, 0.15) is 29.8 Å². The Morgan fingerprint density at radius 2 is 1.94 bits per heavy atom. The molecule has 0 unspecified atom stereocenters. The lowest BCUT2D eigenvalue weighted by Crippen LogP contribution is -2.13. The maximum atomic E-state index is 13.9. The van der Waals surface area contributed by atoms with E-state index in [0.29, 0.717) is 36.5 Å². The van der Waals surface area contributed by atoms with Crippen molar-refractivity contribution in [2.75, 3.05) is 5.32 Å². The number of halogens is 4. The summed E-state index contributed by atoms with van der Waals surface area (Å²) in [6.45, 7) is -0.0235. The van der Waals surface area contributed by atoms with Crippen LogP contribution in [0, 0.1) is 17.1 Å². The second-order valence-electron chi connectivity index (χ2n) is 6.32. The Balaban J connectivity index is 1.90. The smallest absolute Gasteiger partial charge is 0.266 e. The zero-order chi connectivity index (χ0) is 22.4. The molecule has 0 aromatic heterocycles. The van der Waals surface area contributed by atoms with Gasteiger partial charge < -0.3 is 10.1 Å². The van der Waals surface area contributed by atoms with Gasteiger partial charge in [-0.05, 0) is 58.4 Å². The Morgan fingerprint density at radius 1 is 1.16 bits per heavy atom. The molecule has 1 amide bonds. The summed E-state index contributed by atoms with van der Waals surface area (Å²) in [5.74, 6) is -0.609. The van der Waals surface area contributed by atoms with Crippen molar-refractivity contribution in [3.8, 4) is 11.8 Å². The van der Waals surface area contributed by atoms with Gasteiger partial charge in [-0.25, -0.2) is 4.39 Å². The Bertz CT molecular complexity index is 1210. The topological polar surface area (TPSA) is 62.1 Å². The standard InChI is InChI=1S/C23H14Br2ClFN2O2/c24-17-9-15(8-16(12-28)23(30)29-19-6-3-5-18(26)11-19)22(20(25)10-17)31-13-14-4-1-2-7-21(14)27/h1-11H,13H2,(H,29,30)/b16-8+. The van der Waals surface area contributed by atoms with Crippen LogP contribution < -0.4 is 10.1 Å². The molecular formula is C23H14Br2ClFN2O2. The van der Waals surface area contributed by atoms with Crippen LogP contribution in [-0.2, 0) is 11.4 Å². The van der Waals surface area contributed by atoms with Gasteiger partial charge in [0.25, 0.3) is 5.91 Å². The van der Waals surface area contributed by atoms with Crippen molar-refractivity contribution in [3.63, 3.8) is 0 Å². The average molecular weight is 565 g/mol. The van der Waals surface area contributed by atoms with E-state index < -0.39 is 5.91 Å². The van der Waals surface area contributed by atoms with Crippen LogP contribution in [-0.4, -0.2) is 5.91 Å². The van der Waals surface area contributed by atoms with Gasteiger partial charge in [0.15, 0.2) is 0 Å². The number of hydrogen-bond donors (Lipinski definition) is 1. The summed E-state index contributed by atoms with van der Waals surface area (Å²) in [4.78, 5) is 12.6. The van der Waals surface area contributed by atoms with Crippen LogP contribution in [0.4, 0.5) is 10.1 Å². The molecule has 0 atom stereocenters. The fourth-order valence-corrected chi connectivity index (χ4v) is 4.24. The minimum atomic E-state index is -0.596. The van der Waals surface area contributed by atoms with Crippen LogP contribution in [0.15, 0.2) is 75.2 Å². The van der Waals surface area contributed by atoms with Gasteiger partial charge in [0.05, 0.1) is 4.47 Å². The first-order valence-corrected chi connectivity index (χ1v) is 10.9. The fraction of sp³-hybridized carbons (Fsp3) is 0.0435. The van der Waals surface area contributed by atoms with Crippen LogP contribution in [0.5, 0.6) is 5.75 Å². The van der Waals surface area contributed by atoms with Crippen LogP contribution in [0.1, 0.15) is 11.1 Å². The molecule has 8 heteroatoms. The molecule has 0 spiro atoms. The molecule has 0 saturated carbocycles. The predicted molar refractivity (Wildman–Crippen MR) is 126 cm³/mol. The van der Waals surface area contributed by atoms with Crippen molar-refractivity contribution in [1.29, 1.82) is 5.26 Å². The van der Waals surface area contributed by atoms with Crippen molar-refractivity contribution in [3.05, 3.63) is 97.1 Å². The number of ether oxygens (including phenoxy) is 1. The highest BCUT2D eigenvalue weighted by Gasteiger charge is 2.15. The molecule has 0 bridgehead atoms. The molecule has 0 aliphatic carbocycles. The van der Waals surface area contributed by atoms with Crippen molar-refractivity contribution >= 4 is 61.1 Å². The molecule has 4 nitrogen and oxygen atoms in total. The van der Waals surface area contributed by atoms with E-state index >= 15 is 0 Å². The predicted octanol–water partition coefficient (Wildman–Crippen LogP) is 7.13. The first kappa shape index (κ1) is 23.0. The van der Waals surface area contributed by atoms with E-state index in [4.69, 9.17) is 16.3 Å². The van der Waals surface area contributed by atoms with Gasteiger partial charge in [-0.2, -0.15) is 5.26 Å². The van der Waals surface area contributed by atoms with Gasteiger partial charge in [0, 0.05) is 26.3 Å². The van der Waals surface area contributed by atoms with Gasteiger partial charge in [0.2, 0.25) is 0 Å². The highest BCUT2D eigenvalue weighted by molar-refractivity contribution is 9.11. The van der Waals surface area contributed by atoms with E-state index in [1.807, 2.05) is 6.07 Å². The van der Waals surface area contributed by atoms with E-state index in [-0.39, 0.29) is 18.0 Å². The molecule has 0 saturated heterocycles. The minimum Gasteiger partial charge on any atom is -0.487 e. The zero-order valence-corrected chi connectivity index (χ0v) is 19.8. The van der Waals surface area contributed by atoms with Gasteiger partial charge >= 0.3 is 0 Å². The van der Waals surface area contributed by atoms with Crippen molar-refractivity contribution in [2.45, 2.75) is 6.61 Å². The molecule has 0 aliphatic heterocycles. The number of benzene rings is 3. The number of anilines is 1. The largest absolute Gasteiger partial charge is 0.487 e. The lowest BCUT2D eigenvalue weighted by molar-refractivity contribution is -0.112. The molecule has 31 heavy (non-hydrogen) atoms. The summed E-state index contributed by atoms with van der Waals surface area (Å²) in [7, 11) is 0. The third-order valence-electron chi connectivity index (χ3n) is 4.11. The van der Waals surface area contributed by atoms with E-state index in [9.17, 15) is 14.4 Å². The molecular weight excluding hydrogens is 551 g/mol. The number of carbonyl (C=O) groups excluding carboxylic acids is 1. The van der Waals surface area contributed by atoms with Crippen molar-refractivity contribution in [1.82, 2.24) is 0 Å². The average Bonchev–Trinajstić information content (AvgIpc) is 2.72. The Hall–Kier alpha value is -2.66. The van der Waals surface area contributed by atoms with E-state index in [1.54, 1.807) is 54.6 Å². The summed E-state index contributed by atoms with van der Waals surface area (Å²) < 4.78 is 21.1. The Labute approximate surface area is 200 Å². The van der Waals surface area contributed by atoms with Crippen LogP contribution in [0.25, 0.3) is 6.08 Å². The SMILES string of the molecule is N#C/C(=C\c1cc(Br)cc(Br)c1OCc1ccccc1F)C(=O)Nc1cccc(Cl)c1. The molecule has 3 rings (SSSR count). The van der Waals surface area contributed by atoms with Crippen LogP contribution >= 0.6 is 43.5 Å². The molecule has 0 heterocycles. The van der Waals surface area contributed by atoms with Crippen LogP contribution in [0.2, 0.25) is 5.02 Å². The zero-order valence-electron chi connectivity index (χ0n) is 15.8. The van der Waals surface area contributed by atoms with E-state index in [0.717, 1.165) is 0 Å². The number of rotatable bonds is 6. The summed E-state index contributed by atoms with van der Waals surface area (Å²) in [5.41, 5.74) is 1.17. The fourth-order valence-electron chi connectivity index (χ4n) is 2.67. The van der Waals surface area contributed by atoms with E-state index in [2.05, 4.69) is 37.2 Å². The van der Waals surface area contributed by atoms with Gasteiger partial charge in [-0.3, -0.25) is 4.79 Å². The molecule has 0 fully saturated rings. The normalized spacial score (nSPS) is 11.0. The first-order valence-electron chi connectivity index (χ1n) is 8.91.